The maximum atomic E-state index is 9.60. The maximum absolute atomic E-state index is 9.60. The molecular formula is C6H9O2. The van der Waals surface area contributed by atoms with Crippen molar-refractivity contribution in [2.24, 2.45) is 5.92 Å². The summed E-state index contributed by atoms with van der Waals surface area (Å²) in [5.41, 5.74) is 0. The van der Waals surface area contributed by atoms with Crippen molar-refractivity contribution in [1.29, 1.82) is 0 Å². The zero-order valence-electron chi connectivity index (χ0n) is 4.89. The van der Waals surface area contributed by atoms with E-state index in [2.05, 4.69) is 4.74 Å². The van der Waals surface area contributed by atoms with Crippen LogP contribution in [0.1, 0.15) is 19.8 Å². The second-order valence-corrected chi connectivity index (χ2v) is 2.24. The van der Waals surface area contributed by atoms with E-state index >= 15 is 0 Å². The second-order valence-electron chi connectivity index (χ2n) is 2.24. The zero-order chi connectivity index (χ0) is 5.98. The maximum Gasteiger partial charge on any atom is 0.417 e. The molecule has 0 N–H and O–H groups in total. The van der Waals surface area contributed by atoms with Crippen molar-refractivity contribution >= 4 is 6.47 Å². The van der Waals surface area contributed by atoms with E-state index in [-0.39, 0.29) is 6.10 Å². The number of rotatable bonds is 3. The summed E-state index contributed by atoms with van der Waals surface area (Å²) in [7, 11) is 0. The Labute approximate surface area is 48.8 Å². The van der Waals surface area contributed by atoms with Gasteiger partial charge in [-0.05, 0) is 25.7 Å². The molecule has 8 heavy (non-hydrogen) atoms. The summed E-state index contributed by atoms with van der Waals surface area (Å²) < 4.78 is 4.56. The molecule has 1 aliphatic carbocycles. The van der Waals surface area contributed by atoms with Crippen LogP contribution in [0.2, 0.25) is 0 Å². The van der Waals surface area contributed by atoms with Gasteiger partial charge < -0.3 is 4.74 Å². The molecule has 0 saturated heterocycles. The Balaban J connectivity index is 2.12. The number of hydrogen-bond acceptors (Lipinski definition) is 2. The molecule has 1 fully saturated rings. The third kappa shape index (κ3) is 1.22. The normalized spacial score (nSPS) is 22.1. The lowest BCUT2D eigenvalue weighted by molar-refractivity contribution is 0.173. The van der Waals surface area contributed by atoms with Crippen LogP contribution in [-0.4, -0.2) is 12.6 Å². The molecule has 0 aromatic carbocycles. The standard InChI is InChI=1S/C6H9O2/c1-5(8-4-7)6-2-3-6/h5-6H,2-3H2,1H3. The van der Waals surface area contributed by atoms with Crippen LogP contribution in [0.5, 0.6) is 0 Å². The molecule has 0 bridgehead atoms. The number of ether oxygens (including phenoxy) is 1. The van der Waals surface area contributed by atoms with Crippen molar-refractivity contribution in [3.8, 4) is 0 Å². The fraction of sp³-hybridized carbons (Fsp3) is 0.833. The summed E-state index contributed by atoms with van der Waals surface area (Å²) in [6.07, 6.45) is 2.53. The molecule has 2 heteroatoms. The van der Waals surface area contributed by atoms with Crippen LogP contribution in [0.4, 0.5) is 0 Å². The molecule has 0 amide bonds. The molecule has 0 spiro atoms. The smallest absolute Gasteiger partial charge is 0.417 e. The van der Waals surface area contributed by atoms with E-state index in [4.69, 9.17) is 0 Å². The molecule has 1 rings (SSSR count). The number of carbonyl (C=O) groups excluding carboxylic acids is 1. The molecule has 0 aliphatic heterocycles. The molecular weight excluding hydrogens is 104 g/mol. The predicted molar refractivity (Wildman–Crippen MR) is 29.0 cm³/mol. The molecule has 1 aliphatic rings. The first kappa shape index (κ1) is 5.60. The second kappa shape index (κ2) is 2.16. The summed E-state index contributed by atoms with van der Waals surface area (Å²) in [4.78, 5) is 9.60. The van der Waals surface area contributed by atoms with Crippen LogP contribution < -0.4 is 0 Å². The van der Waals surface area contributed by atoms with E-state index in [0.717, 1.165) is 0 Å². The molecule has 1 unspecified atom stereocenters. The van der Waals surface area contributed by atoms with Crippen molar-refractivity contribution in [1.82, 2.24) is 0 Å². The largest absolute Gasteiger partial charge is 0.454 e. The van der Waals surface area contributed by atoms with Gasteiger partial charge in [0, 0.05) is 0 Å². The topological polar surface area (TPSA) is 26.3 Å². The Kier molecular flexibility index (Phi) is 1.51. The minimum Gasteiger partial charge on any atom is -0.454 e. The fourth-order valence-corrected chi connectivity index (χ4v) is 0.738. The van der Waals surface area contributed by atoms with Crippen molar-refractivity contribution < 1.29 is 9.53 Å². The van der Waals surface area contributed by atoms with Gasteiger partial charge in [-0.25, -0.2) is 4.79 Å². The minimum atomic E-state index is 0.104. The highest BCUT2D eigenvalue weighted by molar-refractivity contribution is 5.38. The first-order chi connectivity index (χ1) is 3.84. The van der Waals surface area contributed by atoms with Crippen LogP contribution in [0.3, 0.4) is 0 Å². The summed E-state index contributed by atoms with van der Waals surface area (Å²) in [6, 6.07) is 0. The van der Waals surface area contributed by atoms with E-state index in [0.29, 0.717) is 5.92 Å². The third-order valence-electron chi connectivity index (χ3n) is 1.52. The SMILES string of the molecule is CC(O[C]=O)C1CC1. The third-order valence-corrected chi connectivity index (χ3v) is 1.52. The lowest BCUT2D eigenvalue weighted by atomic mass is 10.3. The quantitative estimate of drug-likeness (QED) is 0.542. The molecule has 1 saturated carbocycles. The first-order valence-corrected chi connectivity index (χ1v) is 2.87. The summed E-state index contributed by atoms with van der Waals surface area (Å²) in [5.74, 6) is 0.636. The average molecular weight is 113 g/mol. The Hall–Kier alpha value is -0.530. The molecule has 1 radical (unpaired) electrons. The van der Waals surface area contributed by atoms with Crippen LogP contribution in [-0.2, 0) is 9.53 Å². The van der Waals surface area contributed by atoms with Gasteiger partial charge in [0.2, 0.25) is 0 Å². The van der Waals surface area contributed by atoms with Crippen LogP contribution in [0, 0.1) is 5.92 Å². The highest BCUT2D eigenvalue weighted by atomic mass is 16.5. The summed E-state index contributed by atoms with van der Waals surface area (Å²) in [6.45, 7) is 3.34. The molecule has 1 atom stereocenters. The van der Waals surface area contributed by atoms with Gasteiger partial charge in [0.05, 0.1) is 0 Å². The van der Waals surface area contributed by atoms with Gasteiger partial charge in [-0.1, -0.05) is 0 Å². The van der Waals surface area contributed by atoms with Gasteiger partial charge in [-0.3, -0.25) is 0 Å². The van der Waals surface area contributed by atoms with E-state index in [1.165, 1.54) is 19.3 Å². The Morgan fingerprint density at radius 3 is 2.75 bits per heavy atom. The van der Waals surface area contributed by atoms with Gasteiger partial charge in [-0.15, -0.1) is 0 Å². The summed E-state index contributed by atoms with van der Waals surface area (Å²) in [5, 5.41) is 0. The Morgan fingerprint density at radius 2 is 2.38 bits per heavy atom. The van der Waals surface area contributed by atoms with Gasteiger partial charge in [0.1, 0.15) is 6.10 Å². The Bertz CT molecular complexity index is 86.5. The van der Waals surface area contributed by atoms with E-state index < -0.39 is 0 Å². The zero-order valence-corrected chi connectivity index (χ0v) is 4.89. The highest BCUT2D eigenvalue weighted by Gasteiger charge is 2.29. The molecule has 2 nitrogen and oxygen atoms in total. The van der Waals surface area contributed by atoms with E-state index in [9.17, 15) is 4.79 Å². The Morgan fingerprint density at radius 1 is 1.75 bits per heavy atom. The van der Waals surface area contributed by atoms with E-state index in [1.807, 2.05) is 6.92 Å². The van der Waals surface area contributed by atoms with Gasteiger partial charge in [0.25, 0.3) is 0 Å². The van der Waals surface area contributed by atoms with Crippen LogP contribution in [0.15, 0.2) is 0 Å². The molecule has 0 heterocycles. The van der Waals surface area contributed by atoms with Crippen LogP contribution >= 0.6 is 0 Å². The first-order valence-electron chi connectivity index (χ1n) is 2.87. The lowest BCUT2D eigenvalue weighted by Crippen LogP contribution is -2.08. The monoisotopic (exact) mass is 113 g/mol. The predicted octanol–water partition coefficient (Wildman–Crippen LogP) is 0.869. The van der Waals surface area contributed by atoms with Crippen LogP contribution in [0.25, 0.3) is 0 Å². The van der Waals surface area contributed by atoms with Gasteiger partial charge in [-0.2, -0.15) is 0 Å². The fourth-order valence-electron chi connectivity index (χ4n) is 0.738. The molecule has 45 valence electrons. The molecule has 0 aromatic rings. The van der Waals surface area contributed by atoms with Crippen molar-refractivity contribution in [2.75, 3.05) is 0 Å². The number of hydrogen-bond donors (Lipinski definition) is 0. The van der Waals surface area contributed by atoms with Gasteiger partial charge >= 0.3 is 6.47 Å². The van der Waals surface area contributed by atoms with Gasteiger partial charge in [0.15, 0.2) is 0 Å². The average Bonchev–Trinajstić information content (AvgIpc) is 2.45. The molecule has 0 aromatic heterocycles. The van der Waals surface area contributed by atoms with Crippen molar-refractivity contribution in [2.45, 2.75) is 25.9 Å². The summed E-state index contributed by atoms with van der Waals surface area (Å²) >= 11 is 0. The minimum absolute atomic E-state index is 0.104. The van der Waals surface area contributed by atoms with Crippen molar-refractivity contribution in [3.63, 3.8) is 0 Å². The lowest BCUT2D eigenvalue weighted by Gasteiger charge is -2.03. The highest BCUT2D eigenvalue weighted by Crippen LogP contribution is 2.33. The van der Waals surface area contributed by atoms with Crippen molar-refractivity contribution in [3.05, 3.63) is 0 Å². The van der Waals surface area contributed by atoms with E-state index in [1.54, 1.807) is 0 Å².